The summed E-state index contributed by atoms with van der Waals surface area (Å²) in [6.45, 7) is 0. The van der Waals surface area contributed by atoms with E-state index in [1.54, 1.807) is 0 Å². The predicted molar refractivity (Wildman–Crippen MR) is 88.0 cm³/mol. The maximum atomic E-state index is 12.7. The Morgan fingerprint density at radius 2 is 1.73 bits per heavy atom. The molecule has 26 heavy (non-hydrogen) atoms. The maximum Gasteiger partial charge on any atom is 0.416 e. The standard InChI is InChI=1S/C16H7Cl2F3N2O3/c17-9-3-7(15(24)25)4-10(18)14(9)26-13-6-22-12-5-8(16(19,20)21)1-2-11(12)23-13/h1-6H,(H,24,25). The fourth-order valence-electron chi connectivity index (χ4n) is 2.10. The monoisotopic (exact) mass is 402 g/mol. The first-order valence-corrected chi connectivity index (χ1v) is 7.65. The number of benzene rings is 2. The van der Waals surface area contributed by atoms with E-state index in [4.69, 9.17) is 33.0 Å². The van der Waals surface area contributed by atoms with Gasteiger partial charge in [0, 0.05) is 0 Å². The average Bonchev–Trinajstić information content (AvgIpc) is 2.56. The minimum atomic E-state index is -4.49. The molecule has 1 heterocycles. The number of hydrogen-bond donors (Lipinski definition) is 1. The van der Waals surface area contributed by atoms with Gasteiger partial charge < -0.3 is 9.84 Å². The summed E-state index contributed by atoms with van der Waals surface area (Å²) in [7, 11) is 0. The van der Waals surface area contributed by atoms with Gasteiger partial charge in [-0.25, -0.2) is 14.8 Å². The van der Waals surface area contributed by atoms with Crippen LogP contribution in [-0.4, -0.2) is 21.0 Å². The molecular weight excluding hydrogens is 396 g/mol. The molecule has 0 atom stereocenters. The molecule has 1 aromatic heterocycles. The van der Waals surface area contributed by atoms with Crippen molar-refractivity contribution < 1.29 is 27.8 Å². The lowest BCUT2D eigenvalue weighted by Crippen LogP contribution is -2.04. The lowest BCUT2D eigenvalue weighted by atomic mass is 10.2. The van der Waals surface area contributed by atoms with Crippen molar-refractivity contribution in [3.05, 3.63) is 57.7 Å². The SMILES string of the molecule is O=C(O)c1cc(Cl)c(Oc2cnc3cc(C(F)(F)F)ccc3n2)c(Cl)c1. The minimum absolute atomic E-state index is 0.0330. The van der Waals surface area contributed by atoms with Gasteiger partial charge in [-0.15, -0.1) is 0 Å². The maximum absolute atomic E-state index is 12.7. The van der Waals surface area contributed by atoms with E-state index < -0.39 is 17.7 Å². The summed E-state index contributed by atoms with van der Waals surface area (Å²) >= 11 is 11.9. The van der Waals surface area contributed by atoms with Crippen LogP contribution in [0.25, 0.3) is 11.0 Å². The van der Waals surface area contributed by atoms with Crippen molar-refractivity contribution in [3.63, 3.8) is 0 Å². The Labute approximate surface area is 154 Å². The van der Waals surface area contributed by atoms with Gasteiger partial charge in [0.05, 0.1) is 38.4 Å². The highest BCUT2D eigenvalue weighted by Crippen LogP contribution is 2.37. The molecule has 3 aromatic rings. The molecule has 0 saturated heterocycles. The lowest BCUT2D eigenvalue weighted by Gasteiger charge is -2.11. The third kappa shape index (κ3) is 3.66. The number of halogens is 5. The third-order valence-electron chi connectivity index (χ3n) is 3.30. The van der Waals surface area contributed by atoms with Crippen molar-refractivity contribution in [1.82, 2.24) is 9.97 Å². The Morgan fingerprint density at radius 1 is 1.08 bits per heavy atom. The van der Waals surface area contributed by atoms with Crippen LogP contribution in [0.2, 0.25) is 10.0 Å². The molecule has 0 spiro atoms. The number of carboxylic acids is 1. The van der Waals surface area contributed by atoms with E-state index in [9.17, 15) is 18.0 Å². The number of hydrogen-bond acceptors (Lipinski definition) is 4. The van der Waals surface area contributed by atoms with Crippen LogP contribution in [0.4, 0.5) is 13.2 Å². The van der Waals surface area contributed by atoms with Gasteiger partial charge in [0.2, 0.25) is 5.88 Å². The van der Waals surface area contributed by atoms with E-state index in [1.165, 1.54) is 0 Å². The molecule has 3 rings (SSSR count). The van der Waals surface area contributed by atoms with Gasteiger partial charge in [0.25, 0.3) is 0 Å². The highest BCUT2D eigenvalue weighted by molar-refractivity contribution is 6.37. The van der Waals surface area contributed by atoms with Crippen molar-refractivity contribution >= 4 is 40.2 Å². The second-order valence-electron chi connectivity index (χ2n) is 5.09. The molecule has 0 unspecified atom stereocenters. The summed E-state index contributed by atoms with van der Waals surface area (Å²) in [4.78, 5) is 18.9. The molecular formula is C16H7Cl2F3N2O3. The molecule has 2 aromatic carbocycles. The molecule has 0 aliphatic rings. The quantitative estimate of drug-likeness (QED) is 0.630. The largest absolute Gasteiger partial charge is 0.478 e. The zero-order valence-electron chi connectivity index (χ0n) is 12.5. The van der Waals surface area contributed by atoms with Crippen LogP contribution in [0.3, 0.4) is 0 Å². The van der Waals surface area contributed by atoms with Crippen LogP contribution in [0.5, 0.6) is 11.6 Å². The molecule has 10 heteroatoms. The summed E-state index contributed by atoms with van der Waals surface area (Å²) in [5.74, 6) is -1.32. The Balaban J connectivity index is 1.96. The van der Waals surface area contributed by atoms with Gasteiger partial charge in [-0.3, -0.25) is 0 Å². The Bertz CT molecular complexity index is 1000. The number of rotatable bonds is 3. The van der Waals surface area contributed by atoms with Crippen molar-refractivity contribution in [2.75, 3.05) is 0 Å². The molecule has 0 saturated carbocycles. The summed E-state index contributed by atoms with van der Waals surface area (Å²) in [6.07, 6.45) is -3.38. The Kier molecular flexibility index (Phi) is 4.64. The van der Waals surface area contributed by atoms with Gasteiger partial charge in [0.1, 0.15) is 0 Å². The molecule has 5 nitrogen and oxygen atoms in total. The van der Waals surface area contributed by atoms with Crippen molar-refractivity contribution in [1.29, 1.82) is 0 Å². The number of ether oxygens (including phenoxy) is 1. The molecule has 0 fully saturated rings. The van der Waals surface area contributed by atoms with Gasteiger partial charge in [-0.1, -0.05) is 23.2 Å². The zero-order valence-corrected chi connectivity index (χ0v) is 14.0. The first-order chi connectivity index (χ1) is 12.1. The molecule has 0 radical (unpaired) electrons. The highest BCUT2D eigenvalue weighted by Gasteiger charge is 2.30. The summed E-state index contributed by atoms with van der Waals surface area (Å²) in [5.41, 5.74) is -0.768. The number of alkyl halides is 3. The van der Waals surface area contributed by atoms with E-state index in [0.717, 1.165) is 36.5 Å². The van der Waals surface area contributed by atoms with Crippen LogP contribution in [-0.2, 0) is 6.18 Å². The number of aromatic nitrogens is 2. The first-order valence-electron chi connectivity index (χ1n) is 6.89. The van der Waals surface area contributed by atoms with E-state index in [0.29, 0.717) is 0 Å². The molecule has 0 amide bonds. The van der Waals surface area contributed by atoms with Crippen molar-refractivity contribution in [2.45, 2.75) is 6.18 Å². The summed E-state index contributed by atoms with van der Waals surface area (Å²) in [6, 6.07) is 5.20. The second kappa shape index (κ2) is 6.62. The van der Waals surface area contributed by atoms with Crippen molar-refractivity contribution in [3.8, 4) is 11.6 Å². The topological polar surface area (TPSA) is 72.3 Å². The number of nitrogens with zero attached hydrogens (tertiary/aromatic N) is 2. The van der Waals surface area contributed by atoms with Crippen LogP contribution in [0, 0.1) is 0 Å². The van der Waals surface area contributed by atoms with Crippen LogP contribution in [0.15, 0.2) is 36.5 Å². The number of fused-ring (bicyclic) bond motifs is 1. The molecule has 1 N–H and O–H groups in total. The molecule has 0 bridgehead atoms. The number of aromatic carboxylic acids is 1. The normalized spacial score (nSPS) is 11.6. The zero-order chi connectivity index (χ0) is 19.1. The molecule has 0 aliphatic heterocycles. The number of carboxylic acid groups (broad SMARTS) is 1. The average molecular weight is 403 g/mol. The van der Waals surface area contributed by atoms with E-state index in [-0.39, 0.29) is 38.3 Å². The smallest absolute Gasteiger partial charge is 0.416 e. The molecule has 0 aliphatic carbocycles. The van der Waals surface area contributed by atoms with Gasteiger partial charge >= 0.3 is 12.1 Å². The lowest BCUT2D eigenvalue weighted by molar-refractivity contribution is -0.137. The Hall–Kier alpha value is -2.58. The Morgan fingerprint density at radius 3 is 2.31 bits per heavy atom. The number of carbonyl (C=O) groups is 1. The van der Waals surface area contributed by atoms with Gasteiger partial charge in [0.15, 0.2) is 5.75 Å². The highest BCUT2D eigenvalue weighted by atomic mass is 35.5. The van der Waals surface area contributed by atoms with E-state index in [1.807, 2.05) is 0 Å². The van der Waals surface area contributed by atoms with Crippen LogP contribution >= 0.6 is 23.2 Å². The molecule has 134 valence electrons. The minimum Gasteiger partial charge on any atom is -0.478 e. The summed E-state index contributed by atoms with van der Waals surface area (Å²) < 4.78 is 43.6. The van der Waals surface area contributed by atoms with Crippen LogP contribution < -0.4 is 4.74 Å². The summed E-state index contributed by atoms with van der Waals surface area (Å²) in [5, 5.41) is 8.82. The fourth-order valence-corrected chi connectivity index (χ4v) is 2.67. The van der Waals surface area contributed by atoms with Crippen molar-refractivity contribution in [2.24, 2.45) is 0 Å². The van der Waals surface area contributed by atoms with E-state index in [2.05, 4.69) is 9.97 Å². The van der Waals surface area contributed by atoms with E-state index >= 15 is 0 Å². The second-order valence-corrected chi connectivity index (χ2v) is 5.90. The third-order valence-corrected chi connectivity index (χ3v) is 3.86. The van der Waals surface area contributed by atoms with Gasteiger partial charge in [-0.05, 0) is 30.3 Å². The van der Waals surface area contributed by atoms with Gasteiger partial charge in [-0.2, -0.15) is 13.2 Å². The first kappa shape index (κ1) is 18.2. The predicted octanol–water partition coefficient (Wildman–Crippen LogP) is 5.45. The van der Waals surface area contributed by atoms with Crippen LogP contribution in [0.1, 0.15) is 15.9 Å². The fraction of sp³-hybridized carbons (Fsp3) is 0.0625.